The fourth-order valence-corrected chi connectivity index (χ4v) is 8.94. The van der Waals surface area contributed by atoms with Crippen LogP contribution < -0.4 is 0 Å². The molecule has 0 rings (SSSR count). The van der Waals surface area contributed by atoms with Crippen molar-refractivity contribution in [1.82, 2.24) is 0 Å². The lowest BCUT2D eigenvalue weighted by molar-refractivity contribution is -0.167. The summed E-state index contributed by atoms with van der Waals surface area (Å²) in [6.45, 7) is 6.37. The molecular weight excluding hydrogens is 949 g/mol. The molecule has 0 aliphatic rings. The minimum absolute atomic E-state index is 0.0891. The maximum Gasteiger partial charge on any atom is 0.306 e. The molecule has 77 heavy (non-hydrogen) atoms. The average molecular weight is 1070 g/mol. The number of rotatable bonds is 58. The van der Waals surface area contributed by atoms with E-state index in [-0.39, 0.29) is 31.1 Å². The second-order valence-corrected chi connectivity index (χ2v) is 21.3. The van der Waals surface area contributed by atoms with E-state index < -0.39 is 6.10 Å². The van der Waals surface area contributed by atoms with Gasteiger partial charge in [-0.2, -0.15) is 0 Å². The van der Waals surface area contributed by atoms with Gasteiger partial charge >= 0.3 is 17.9 Å². The molecule has 1 atom stereocenters. The van der Waals surface area contributed by atoms with Crippen LogP contribution in [0, 0.1) is 0 Å². The van der Waals surface area contributed by atoms with Gasteiger partial charge in [-0.3, -0.25) is 14.4 Å². The summed E-state index contributed by atoms with van der Waals surface area (Å²) in [5.74, 6) is -0.916. The number of carbonyl (C=O) groups is 3. The molecule has 0 bridgehead atoms. The molecule has 6 nitrogen and oxygen atoms in total. The Kier molecular flexibility index (Phi) is 61.3. The van der Waals surface area contributed by atoms with Gasteiger partial charge in [0.2, 0.25) is 0 Å². The van der Waals surface area contributed by atoms with Crippen LogP contribution in [0.2, 0.25) is 0 Å². The third kappa shape index (κ3) is 62.8. The molecule has 0 aliphatic carbocycles. The monoisotopic (exact) mass is 1070 g/mol. The number of ether oxygens (including phenoxy) is 3. The van der Waals surface area contributed by atoms with E-state index in [1.54, 1.807) is 0 Å². The van der Waals surface area contributed by atoms with Crippen LogP contribution in [0.4, 0.5) is 0 Å². The largest absolute Gasteiger partial charge is 0.462 e. The first-order valence-corrected chi connectivity index (χ1v) is 32.4. The topological polar surface area (TPSA) is 78.9 Å². The van der Waals surface area contributed by atoms with E-state index in [9.17, 15) is 14.4 Å². The molecule has 440 valence electrons. The minimum atomic E-state index is -0.794. The van der Waals surface area contributed by atoms with Crippen molar-refractivity contribution in [2.45, 2.75) is 309 Å². The maximum absolute atomic E-state index is 12.9. The molecule has 0 spiro atoms. The molecule has 0 saturated carbocycles. The summed E-state index contributed by atoms with van der Waals surface area (Å²) in [6.07, 6.45) is 88.3. The summed E-state index contributed by atoms with van der Waals surface area (Å²) in [4.78, 5) is 38.2. The van der Waals surface area contributed by atoms with Crippen molar-refractivity contribution < 1.29 is 28.6 Å². The van der Waals surface area contributed by atoms with Crippen molar-refractivity contribution in [2.24, 2.45) is 0 Å². The fourth-order valence-electron chi connectivity index (χ4n) is 8.94. The second-order valence-electron chi connectivity index (χ2n) is 21.3. The number of unbranched alkanes of at least 4 members (excludes halogenated alkanes) is 29. The van der Waals surface area contributed by atoms with Crippen LogP contribution >= 0.6 is 0 Å². The molecule has 0 aliphatic heterocycles. The number of hydrogen-bond donors (Lipinski definition) is 0. The Hall–Kier alpha value is -3.93. The van der Waals surface area contributed by atoms with E-state index in [0.29, 0.717) is 19.3 Å². The van der Waals surface area contributed by atoms with Crippen LogP contribution in [0.25, 0.3) is 0 Å². The van der Waals surface area contributed by atoms with E-state index in [4.69, 9.17) is 14.2 Å². The van der Waals surface area contributed by atoms with Crippen LogP contribution in [0.3, 0.4) is 0 Å². The zero-order valence-electron chi connectivity index (χ0n) is 50.4. The number of hydrogen-bond acceptors (Lipinski definition) is 6. The zero-order chi connectivity index (χ0) is 55.7. The fraction of sp³-hybridized carbons (Fsp3) is 0.704. The van der Waals surface area contributed by atoms with E-state index in [1.165, 1.54) is 135 Å². The van der Waals surface area contributed by atoms with E-state index in [0.717, 1.165) is 128 Å². The van der Waals surface area contributed by atoms with Crippen molar-refractivity contribution in [3.8, 4) is 0 Å². The lowest BCUT2D eigenvalue weighted by Gasteiger charge is -2.18. The highest BCUT2D eigenvalue weighted by molar-refractivity contribution is 5.71. The summed E-state index contributed by atoms with van der Waals surface area (Å²) < 4.78 is 16.9. The van der Waals surface area contributed by atoms with Gasteiger partial charge in [0.1, 0.15) is 13.2 Å². The van der Waals surface area contributed by atoms with Gasteiger partial charge in [0.25, 0.3) is 0 Å². The smallest absolute Gasteiger partial charge is 0.306 e. The molecule has 6 heteroatoms. The first-order chi connectivity index (χ1) is 38.0. The van der Waals surface area contributed by atoms with E-state index in [1.807, 2.05) is 0 Å². The third-order valence-corrected chi connectivity index (χ3v) is 13.7. The Morgan fingerprint density at radius 1 is 0.273 bits per heavy atom. The summed E-state index contributed by atoms with van der Waals surface area (Å²) in [5.41, 5.74) is 0. The molecule has 0 heterocycles. The number of esters is 3. The molecule has 0 saturated heterocycles. The first kappa shape index (κ1) is 73.1. The Morgan fingerprint density at radius 3 is 0.805 bits per heavy atom. The second kappa shape index (κ2) is 64.6. The highest BCUT2D eigenvalue weighted by Gasteiger charge is 2.19. The van der Waals surface area contributed by atoms with Crippen LogP contribution in [-0.4, -0.2) is 37.2 Å². The Balaban J connectivity index is 4.18. The van der Waals surface area contributed by atoms with Crippen molar-refractivity contribution >= 4 is 17.9 Å². The SMILES string of the molecule is CC/C=C\C/C=C\C/C=C\C/C=C\CCCCCCCCCCCCCCCCCCCCC(=O)OCC(COC(=O)CCCCCCC/C=C\CCCC)OC(=O)CCCCCC/C=C\C/C=C\C/C=C\C/C=C\CC. The highest BCUT2D eigenvalue weighted by atomic mass is 16.6. The molecule has 0 aromatic rings. The Labute approximate surface area is 476 Å². The van der Waals surface area contributed by atoms with Crippen molar-refractivity contribution in [3.05, 3.63) is 109 Å². The molecular formula is C71H120O6. The number of allylic oxidation sites excluding steroid dienone is 18. The lowest BCUT2D eigenvalue weighted by Crippen LogP contribution is -2.30. The first-order valence-electron chi connectivity index (χ1n) is 32.4. The van der Waals surface area contributed by atoms with E-state index >= 15 is 0 Å². The predicted octanol–water partition coefficient (Wildman–Crippen LogP) is 22.2. The zero-order valence-corrected chi connectivity index (χ0v) is 50.4. The van der Waals surface area contributed by atoms with Crippen molar-refractivity contribution in [3.63, 3.8) is 0 Å². The third-order valence-electron chi connectivity index (χ3n) is 13.7. The molecule has 0 radical (unpaired) electrons. The summed E-state index contributed by atoms with van der Waals surface area (Å²) in [5, 5.41) is 0. The minimum Gasteiger partial charge on any atom is -0.462 e. The predicted molar refractivity (Wildman–Crippen MR) is 334 cm³/mol. The van der Waals surface area contributed by atoms with Crippen molar-refractivity contribution in [1.29, 1.82) is 0 Å². The van der Waals surface area contributed by atoms with Gasteiger partial charge in [0.05, 0.1) is 0 Å². The normalized spacial score (nSPS) is 12.8. The van der Waals surface area contributed by atoms with Crippen LogP contribution in [0.15, 0.2) is 109 Å². The van der Waals surface area contributed by atoms with Gasteiger partial charge in [0.15, 0.2) is 6.10 Å². The Morgan fingerprint density at radius 2 is 0.506 bits per heavy atom. The molecule has 0 aromatic heterocycles. The van der Waals surface area contributed by atoms with Gasteiger partial charge < -0.3 is 14.2 Å². The standard InChI is InChI=1S/C71H120O6/c1-4-7-10-13-16-19-22-24-26-28-29-30-31-32-33-34-35-36-37-38-39-40-41-43-44-46-49-52-55-58-61-64-70(73)76-67-68(66-75-69(72)63-60-57-54-51-48-21-18-15-12-9-6-3)77-71(74)65-62-59-56-53-50-47-45-42-27-25-23-20-17-14-11-8-5-2/h7-8,10-11,15-20,24-27,29-30,45,47,68H,4-6,9,12-14,21-23,28,31-44,46,48-67H2,1-3H3/b10-7-,11-8-,18-15-,19-16-,20-17-,26-24-,27-25-,30-29-,47-45-. The molecule has 1 unspecified atom stereocenters. The van der Waals surface area contributed by atoms with Crippen molar-refractivity contribution in [2.75, 3.05) is 13.2 Å². The van der Waals surface area contributed by atoms with Gasteiger partial charge in [-0.25, -0.2) is 0 Å². The Bertz CT molecular complexity index is 1560. The molecule has 0 aromatic carbocycles. The average Bonchev–Trinajstić information content (AvgIpc) is 3.43. The van der Waals surface area contributed by atoms with Gasteiger partial charge in [-0.15, -0.1) is 0 Å². The molecule has 0 fully saturated rings. The van der Waals surface area contributed by atoms with Gasteiger partial charge in [-0.1, -0.05) is 278 Å². The van der Waals surface area contributed by atoms with Gasteiger partial charge in [-0.05, 0) is 116 Å². The van der Waals surface area contributed by atoms with Crippen LogP contribution in [-0.2, 0) is 28.6 Å². The maximum atomic E-state index is 12.9. The summed E-state index contributed by atoms with van der Waals surface area (Å²) >= 11 is 0. The van der Waals surface area contributed by atoms with Crippen LogP contribution in [0.1, 0.15) is 303 Å². The van der Waals surface area contributed by atoms with E-state index in [2.05, 4.69) is 130 Å². The number of carbonyl (C=O) groups excluding carboxylic acids is 3. The molecule has 0 amide bonds. The summed E-state index contributed by atoms with van der Waals surface area (Å²) in [7, 11) is 0. The van der Waals surface area contributed by atoms with Crippen LogP contribution in [0.5, 0.6) is 0 Å². The quantitative estimate of drug-likeness (QED) is 0.0261. The lowest BCUT2D eigenvalue weighted by atomic mass is 10.0. The molecule has 0 N–H and O–H groups in total. The highest BCUT2D eigenvalue weighted by Crippen LogP contribution is 2.17. The van der Waals surface area contributed by atoms with Gasteiger partial charge in [0, 0.05) is 19.3 Å². The summed E-state index contributed by atoms with van der Waals surface area (Å²) in [6, 6.07) is 0.